The number of rotatable bonds is 5. The summed E-state index contributed by atoms with van der Waals surface area (Å²) in [5.41, 5.74) is 2.06. The number of carbonyl (C=O) groups excluding carboxylic acids is 1. The molecule has 1 N–H and O–H groups in total. The van der Waals surface area contributed by atoms with Crippen molar-refractivity contribution in [2.75, 3.05) is 13.7 Å². The Bertz CT molecular complexity index is 837. The van der Waals surface area contributed by atoms with Crippen LogP contribution in [0.25, 0.3) is 5.65 Å². The van der Waals surface area contributed by atoms with Gasteiger partial charge >= 0.3 is 0 Å². The number of hydrogen-bond acceptors (Lipinski definition) is 4. The van der Waals surface area contributed by atoms with E-state index in [1.807, 2.05) is 41.8 Å². The van der Waals surface area contributed by atoms with Gasteiger partial charge < -0.3 is 10.1 Å². The minimum absolute atomic E-state index is 0.142. The van der Waals surface area contributed by atoms with E-state index in [1.165, 1.54) is 4.88 Å². The first-order valence-corrected chi connectivity index (χ1v) is 8.23. The quantitative estimate of drug-likeness (QED) is 0.782. The van der Waals surface area contributed by atoms with Crippen molar-refractivity contribution in [3.63, 3.8) is 0 Å². The van der Waals surface area contributed by atoms with Crippen molar-refractivity contribution in [2.45, 2.75) is 20.0 Å². The molecule has 3 aromatic rings. The van der Waals surface area contributed by atoms with E-state index >= 15 is 0 Å². The molecule has 0 aromatic carbocycles. The molecular formula is C17H19N3O2S. The lowest BCUT2D eigenvalue weighted by molar-refractivity contribution is 0.0832. The van der Waals surface area contributed by atoms with Gasteiger partial charge in [-0.3, -0.25) is 9.20 Å². The van der Waals surface area contributed by atoms with Crippen LogP contribution >= 0.6 is 11.3 Å². The first kappa shape index (κ1) is 15.7. The molecule has 0 radical (unpaired) electrons. The van der Waals surface area contributed by atoms with E-state index in [1.54, 1.807) is 18.4 Å². The zero-order valence-corrected chi connectivity index (χ0v) is 14.2. The normalized spacial score (nSPS) is 12.5. The number of ether oxygens (including phenoxy) is 1. The first-order chi connectivity index (χ1) is 11.1. The van der Waals surface area contributed by atoms with Gasteiger partial charge in [-0.2, -0.15) is 0 Å². The summed E-state index contributed by atoms with van der Waals surface area (Å²) in [7, 11) is 1.66. The fraction of sp³-hybridized carbons (Fsp3) is 0.294. The fourth-order valence-electron chi connectivity index (χ4n) is 2.58. The molecule has 3 rings (SSSR count). The standard InChI is InChI=1S/C17H19N3O2S/c1-11-7-8-14(23-11)13(22-3)10-18-17(21)16-12(2)19-15-6-4-5-9-20(15)16/h4-9,13H,10H2,1-3H3,(H,18,21)/t13-/m0/s1. The average molecular weight is 329 g/mol. The predicted octanol–water partition coefficient (Wildman–Crippen LogP) is 3.13. The maximum absolute atomic E-state index is 12.6. The van der Waals surface area contributed by atoms with Gasteiger partial charge in [0.15, 0.2) is 0 Å². The third-order valence-corrected chi connectivity index (χ3v) is 4.82. The number of aromatic nitrogens is 2. The zero-order valence-electron chi connectivity index (χ0n) is 13.4. The average Bonchev–Trinajstić information content (AvgIpc) is 3.10. The molecule has 5 nitrogen and oxygen atoms in total. The number of carbonyl (C=O) groups is 1. The molecule has 0 aliphatic rings. The summed E-state index contributed by atoms with van der Waals surface area (Å²) in [6, 6.07) is 9.78. The smallest absolute Gasteiger partial charge is 0.270 e. The van der Waals surface area contributed by atoms with Crippen LogP contribution in [0.15, 0.2) is 36.5 Å². The number of amides is 1. The SMILES string of the molecule is CO[C@@H](CNC(=O)c1c(C)nc2ccccn12)c1ccc(C)s1. The molecule has 23 heavy (non-hydrogen) atoms. The van der Waals surface area contributed by atoms with Crippen LogP contribution in [-0.4, -0.2) is 28.9 Å². The van der Waals surface area contributed by atoms with Crippen LogP contribution in [0.5, 0.6) is 0 Å². The number of nitrogens with zero attached hydrogens (tertiary/aromatic N) is 2. The summed E-state index contributed by atoms with van der Waals surface area (Å²) in [5.74, 6) is -0.142. The van der Waals surface area contributed by atoms with Crippen LogP contribution in [0.4, 0.5) is 0 Å². The second kappa shape index (κ2) is 6.52. The maximum atomic E-state index is 12.6. The fourth-order valence-corrected chi connectivity index (χ4v) is 3.54. The van der Waals surface area contributed by atoms with Crippen molar-refractivity contribution in [2.24, 2.45) is 0 Å². The summed E-state index contributed by atoms with van der Waals surface area (Å²) < 4.78 is 7.32. The largest absolute Gasteiger partial charge is 0.374 e. The highest BCUT2D eigenvalue weighted by Gasteiger charge is 2.19. The Kier molecular flexibility index (Phi) is 4.45. The number of hydrogen-bond donors (Lipinski definition) is 1. The maximum Gasteiger partial charge on any atom is 0.270 e. The lowest BCUT2D eigenvalue weighted by atomic mass is 10.2. The van der Waals surface area contributed by atoms with Crippen LogP contribution in [-0.2, 0) is 4.74 Å². The molecule has 0 aliphatic carbocycles. The molecule has 3 aromatic heterocycles. The summed E-state index contributed by atoms with van der Waals surface area (Å²) in [6.45, 7) is 4.33. The van der Waals surface area contributed by atoms with E-state index in [4.69, 9.17) is 4.74 Å². The molecule has 0 saturated heterocycles. The number of aryl methyl sites for hydroxylation is 2. The monoisotopic (exact) mass is 329 g/mol. The van der Waals surface area contributed by atoms with Gasteiger partial charge in [-0.25, -0.2) is 4.98 Å². The Balaban J connectivity index is 1.77. The lowest BCUT2D eigenvalue weighted by Crippen LogP contribution is -2.30. The zero-order chi connectivity index (χ0) is 16.4. The number of methoxy groups -OCH3 is 1. The molecule has 0 saturated carbocycles. The van der Waals surface area contributed by atoms with E-state index in [0.717, 1.165) is 16.2 Å². The third kappa shape index (κ3) is 3.13. The Labute approximate surface area is 138 Å². The summed E-state index contributed by atoms with van der Waals surface area (Å²) in [5, 5.41) is 2.96. The van der Waals surface area contributed by atoms with E-state index in [9.17, 15) is 4.79 Å². The van der Waals surface area contributed by atoms with Crippen molar-refractivity contribution in [1.82, 2.24) is 14.7 Å². The Morgan fingerprint density at radius 1 is 1.35 bits per heavy atom. The van der Waals surface area contributed by atoms with Crippen molar-refractivity contribution in [3.8, 4) is 0 Å². The van der Waals surface area contributed by atoms with Crippen molar-refractivity contribution in [3.05, 3.63) is 57.7 Å². The highest BCUT2D eigenvalue weighted by atomic mass is 32.1. The summed E-state index contributed by atoms with van der Waals surface area (Å²) in [6.07, 6.45) is 1.71. The van der Waals surface area contributed by atoms with Gasteiger partial charge in [-0.15, -0.1) is 11.3 Å². The molecule has 3 heterocycles. The molecule has 0 spiro atoms. The molecular weight excluding hydrogens is 310 g/mol. The third-order valence-electron chi connectivity index (χ3n) is 3.73. The van der Waals surface area contributed by atoms with Crippen LogP contribution in [0.1, 0.15) is 32.0 Å². The van der Waals surface area contributed by atoms with E-state index < -0.39 is 0 Å². The molecule has 6 heteroatoms. The summed E-state index contributed by atoms with van der Waals surface area (Å²) >= 11 is 1.68. The van der Waals surface area contributed by atoms with E-state index in [2.05, 4.69) is 23.3 Å². The van der Waals surface area contributed by atoms with E-state index in [-0.39, 0.29) is 12.0 Å². The van der Waals surface area contributed by atoms with Crippen LogP contribution < -0.4 is 5.32 Å². The second-order valence-corrected chi connectivity index (χ2v) is 6.68. The highest BCUT2D eigenvalue weighted by Crippen LogP contribution is 2.24. The minimum atomic E-state index is -0.142. The molecule has 0 fully saturated rings. The number of nitrogens with one attached hydrogen (secondary N) is 1. The molecule has 0 unspecified atom stereocenters. The molecule has 0 bridgehead atoms. The molecule has 120 valence electrons. The van der Waals surface area contributed by atoms with Gasteiger partial charge in [-0.1, -0.05) is 6.07 Å². The lowest BCUT2D eigenvalue weighted by Gasteiger charge is -2.14. The number of fused-ring (bicyclic) bond motifs is 1. The first-order valence-electron chi connectivity index (χ1n) is 7.41. The molecule has 1 atom stereocenters. The van der Waals surface area contributed by atoms with Gasteiger partial charge in [0.2, 0.25) is 0 Å². The number of imidazole rings is 1. The van der Waals surface area contributed by atoms with Crippen LogP contribution in [0, 0.1) is 13.8 Å². The minimum Gasteiger partial charge on any atom is -0.374 e. The predicted molar refractivity (Wildman–Crippen MR) is 91.1 cm³/mol. The van der Waals surface area contributed by atoms with Gasteiger partial charge in [0.25, 0.3) is 5.91 Å². The van der Waals surface area contributed by atoms with Gasteiger partial charge in [0.1, 0.15) is 17.4 Å². The Morgan fingerprint density at radius 3 is 2.87 bits per heavy atom. The van der Waals surface area contributed by atoms with Crippen molar-refractivity contribution >= 4 is 22.9 Å². The molecule has 0 aliphatic heterocycles. The Hall–Kier alpha value is -2.18. The summed E-state index contributed by atoms with van der Waals surface area (Å²) in [4.78, 5) is 19.3. The van der Waals surface area contributed by atoms with Gasteiger partial charge in [-0.05, 0) is 38.1 Å². The van der Waals surface area contributed by atoms with Crippen molar-refractivity contribution < 1.29 is 9.53 Å². The van der Waals surface area contributed by atoms with Crippen molar-refractivity contribution in [1.29, 1.82) is 0 Å². The second-order valence-electron chi connectivity index (χ2n) is 5.36. The highest BCUT2D eigenvalue weighted by molar-refractivity contribution is 7.12. The van der Waals surface area contributed by atoms with Crippen LogP contribution in [0.3, 0.4) is 0 Å². The topological polar surface area (TPSA) is 55.6 Å². The molecule has 1 amide bonds. The Morgan fingerprint density at radius 2 is 2.17 bits per heavy atom. The van der Waals surface area contributed by atoms with E-state index in [0.29, 0.717) is 12.2 Å². The van der Waals surface area contributed by atoms with Gasteiger partial charge in [0, 0.05) is 29.6 Å². The van der Waals surface area contributed by atoms with Crippen LogP contribution in [0.2, 0.25) is 0 Å². The van der Waals surface area contributed by atoms with Gasteiger partial charge in [0.05, 0.1) is 5.69 Å². The number of thiophene rings is 1. The number of pyridine rings is 1.